The maximum Gasteiger partial charge on any atom is 0.217 e. The maximum atomic E-state index is 12.5. The smallest absolute Gasteiger partial charge is 0.217 e. The van der Waals surface area contributed by atoms with Crippen LogP contribution in [0.3, 0.4) is 0 Å². The van der Waals surface area contributed by atoms with Crippen LogP contribution in [0.1, 0.15) is 28.9 Å². The summed E-state index contributed by atoms with van der Waals surface area (Å²) in [6.07, 6.45) is 0. The lowest BCUT2D eigenvalue weighted by molar-refractivity contribution is -0.119. The highest BCUT2D eigenvalue weighted by Gasteiger charge is 2.28. The molecule has 0 saturated heterocycles. The van der Waals surface area contributed by atoms with Gasteiger partial charge in [0, 0.05) is 12.5 Å². The third-order valence-corrected chi connectivity index (χ3v) is 4.06. The average molecular weight is 346 g/mol. The Morgan fingerprint density at radius 1 is 0.952 bits per heavy atom. The van der Waals surface area contributed by atoms with Gasteiger partial charge in [-0.3, -0.25) is 9.59 Å². The number of hydrogen-bond acceptors (Lipinski definition) is 2. The second kappa shape index (κ2) is 7.18. The molecular formula is C17H16BrNO2. The van der Waals surface area contributed by atoms with Gasteiger partial charge in [0.2, 0.25) is 5.91 Å². The van der Waals surface area contributed by atoms with E-state index in [9.17, 15) is 9.59 Å². The van der Waals surface area contributed by atoms with Crippen molar-refractivity contribution in [1.29, 1.82) is 0 Å². The number of hydrogen-bond donors (Lipinski definition) is 1. The van der Waals surface area contributed by atoms with Gasteiger partial charge in [-0.05, 0) is 5.56 Å². The quantitative estimate of drug-likeness (QED) is 0.665. The summed E-state index contributed by atoms with van der Waals surface area (Å²) in [5, 5.41) is 2.84. The molecule has 0 saturated carbocycles. The predicted octanol–water partition coefficient (Wildman–Crippen LogP) is 3.51. The summed E-state index contributed by atoms with van der Waals surface area (Å²) >= 11 is 3.45. The van der Waals surface area contributed by atoms with E-state index in [1.807, 2.05) is 48.5 Å². The molecule has 0 aromatic heterocycles. The highest BCUT2D eigenvalue weighted by Crippen LogP contribution is 2.25. The number of nitrogens with one attached hydrogen (secondary N) is 1. The number of Topliss-reactive ketones (excluding diaryl/α,β-unsaturated/α-hetero) is 1. The zero-order valence-electron chi connectivity index (χ0n) is 11.6. The normalized spacial score (nSPS) is 13.2. The molecule has 0 aliphatic rings. The van der Waals surface area contributed by atoms with Gasteiger partial charge in [-0.2, -0.15) is 0 Å². The molecule has 0 radical (unpaired) electrons. The van der Waals surface area contributed by atoms with Crippen molar-refractivity contribution in [3.63, 3.8) is 0 Å². The van der Waals surface area contributed by atoms with Crippen molar-refractivity contribution >= 4 is 27.6 Å². The van der Waals surface area contributed by atoms with Gasteiger partial charge in [0.05, 0.1) is 6.04 Å². The van der Waals surface area contributed by atoms with Gasteiger partial charge in [-0.1, -0.05) is 76.6 Å². The number of alkyl halides is 1. The molecule has 0 fully saturated rings. The summed E-state index contributed by atoms with van der Waals surface area (Å²) in [5.41, 5.74) is 1.50. The lowest BCUT2D eigenvalue weighted by Gasteiger charge is -2.23. The molecule has 1 N–H and O–H groups in total. The number of carbonyl (C=O) groups is 2. The molecule has 1 amide bonds. The van der Waals surface area contributed by atoms with E-state index in [0.29, 0.717) is 5.56 Å². The van der Waals surface area contributed by atoms with Crippen LogP contribution >= 0.6 is 15.9 Å². The Morgan fingerprint density at radius 2 is 1.48 bits per heavy atom. The Bertz CT molecular complexity index is 613. The van der Waals surface area contributed by atoms with Crippen LogP contribution in [0.4, 0.5) is 0 Å². The minimum Gasteiger partial charge on any atom is -0.348 e. The topological polar surface area (TPSA) is 46.2 Å². The Balaban J connectivity index is 2.28. The fraction of sp³-hybridized carbons (Fsp3) is 0.176. The fourth-order valence-corrected chi connectivity index (χ4v) is 2.82. The van der Waals surface area contributed by atoms with Crippen LogP contribution in [-0.2, 0) is 4.79 Å². The van der Waals surface area contributed by atoms with Crippen LogP contribution < -0.4 is 5.32 Å². The van der Waals surface area contributed by atoms with Crippen LogP contribution in [0.5, 0.6) is 0 Å². The van der Waals surface area contributed by atoms with Gasteiger partial charge in [-0.25, -0.2) is 0 Å². The molecule has 3 nitrogen and oxygen atoms in total. The van der Waals surface area contributed by atoms with Crippen LogP contribution in [0.2, 0.25) is 0 Å². The molecule has 0 heterocycles. The molecule has 2 atom stereocenters. The van der Waals surface area contributed by atoms with Gasteiger partial charge < -0.3 is 5.32 Å². The van der Waals surface area contributed by atoms with Gasteiger partial charge in [-0.15, -0.1) is 0 Å². The molecule has 2 rings (SSSR count). The first kappa shape index (κ1) is 15.4. The molecule has 0 bridgehead atoms. The van der Waals surface area contributed by atoms with Gasteiger partial charge in [0.1, 0.15) is 4.83 Å². The summed E-state index contributed by atoms with van der Waals surface area (Å²) in [4.78, 5) is 23.5. The molecule has 21 heavy (non-hydrogen) atoms. The van der Waals surface area contributed by atoms with E-state index in [1.165, 1.54) is 6.92 Å². The van der Waals surface area contributed by atoms with E-state index in [-0.39, 0.29) is 11.7 Å². The second-order valence-electron chi connectivity index (χ2n) is 4.72. The molecule has 0 aliphatic carbocycles. The molecular weight excluding hydrogens is 330 g/mol. The lowest BCUT2D eigenvalue weighted by atomic mass is 9.97. The summed E-state index contributed by atoms with van der Waals surface area (Å²) in [7, 11) is 0. The minimum absolute atomic E-state index is 0.0572. The molecule has 0 aliphatic heterocycles. The standard InChI is InChI=1S/C17H16BrNO2/c1-12(20)19-16(13-8-4-2-5-9-13)15(18)17(21)14-10-6-3-7-11-14/h2-11,15-16H,1H3,(H,19,20)/t15-,16+/m0/s1. The Labute approximate surface area is 132 Å². The summed E-state index contributed by atoms with van der Waals surface area (Å²) in [6, 6.07) is 18.1. The monoisotopic (exact) mass is 345 g/mol. The Hall–Kier alpha value is -1.94. The zero-order valence-corrected chi connectivity index (χ0v) is 13.2. The SMILES string of the molecule is CC(=O)N[C@H](c1ccccc1)[C@H](Br)C(=O)c1ccccc1. The first-order chi connectivity index (χ1) is 10.1. The van der Waals surface area contributed by atoms with E-state index in [4.69, 9.17) is 0 Å². The highest BCUT2D eigenvalue weighted by molar-refractivity contribution is 9.10. The van der Waals surface area contributed by atoms with Crippen molar-refractivity contribution < 1.29 is 9.59 Å². The Morgan fingerprint density at radius 3 is 2.00 bits per heavy atom. The van der Waals surface area contributed by atoms with Crippen molar-refractivity contribution in [2.24, 2.45) is 0 Å². The third kappa shape index (κ3) is 4.02. The van der Waals surface area contributed by atoms with E-state index < -0.39 is 10.9 Å². The van der Waals surface area contributed by atoms with E-state index in [0.717, 1.165) is 5.56 Å². The molecule has 0 unspecified atom stereocenters. The van der Waals surface area contributed by atoms with Crippen LogP contribution in [-0.4, -0.2) is 16.5 Å². The summed E-state index contributed by atoms with van der Waals surface area (Å²) in [5.74, 6) is -0.229. The third-order valence-electron chi connectivity index (χ3n) is 3.12. The van der Waals surface area contributed by atoms with Crippen molar-refractivity contribution in [2.45, 2.75) is 17.8 Å². The molecule has 108 valence electrons. The number of benzene rings is 2. The van der Waals surface area contributed by atoms with E-state index in [2.05, 4.69) is 21.2 Å². The van der Waals surface area contributed by atoms with Crippen LogP contribution in [0.25, 0.3) is 0 Å². The first-order valence-corrected chi connectivity index (χ1v) is 7.56. The first-order valence-electron chi connectivity index (χ1n) is 6.65. The van der Waals surface area contributed by atoms with Crippen molar-refractivity contribution in [1.82, 2.24) is 5.32 Å². The number of halogens is 1. The maximum absolute atomic E-state index is 12.5. The van der Waals surface area contributed by atoms with Crippen LogP contribution in [0.15, 0.2) is 60.7 Å². The van der Waals surface area contributed by atoms with Crippen molar-refractivity contribution in [2.75, 3.05) is 0 Å². The molecule has 0 spiro atoms. The van der Waals surface area contributed by atoms with Crippen molar-refractivity contribution in [3.8, 4) is 0 Å². The van der Waals surface area contributed by atoms with Gasteiger partial charge in [0.15, 0.2) is 5.78 Å². The minimum atomic E-state index is -0.522. The van der Waals surface area contributed by atoms with Gasteiger partial charge >= 0.3 is 0 Å². The molecule has 2 aromatic rings. The van der Waals surface area contributed by atoms with Gasteiger partial charge in [0.25, 0.3) is 0 Å². The zero-order chi connectivity index (χ0) is 15.2. The van der Waals surface area contributed by atoms with E-state index >= 15 is 0 Å². The highest BCUT2D eigenvalue weighted by atomic mass is 79.9. The average Bonchev–Trinajstić information content (AvgIpc) is 2.53. The molecule has 4 heteroatoms. The van der Waals surface area contributed by atoms with Crippen molar-refractivity contribution in [3.05, 3.63) is 71.8 Å². The fourth-order valence-electron chi connectivity index (χ4n) is 2.12. The number of carbonyl (C=O) groups excluding carboxylic acids is 2. The van der Waals surface area contributed by atoms with E-state index in [1.54, 1.807) is 12.1 Å². The molecule has 2 aromatic carbocycles. The largest absolute Gasteiger partial charge is 0.348 e. The lowest BCUT2D eigenvalue weighted by Crippen LogP contribution is -2.36. The predicted molar refractivity (Wildman–Crippen MR) is 86.5 cm³/mol. The number of amides is 1. The summed E-state index contributed by atoms with van der Waals surface area (Å²) < 4.78 is 0. The number of rotatable bonds is 5. The number of ketones is 1. The second-order valence-corrected chi connectivity index (χ2v) is 5.71. The van der Waals surface area contributed by atoms with Crippen LogP contribution in [0, 0.1) is 0 Å². The Kier molecular flexibility index (Phi) is 5.28. The summed E-state index contributed by atoms with van der Waals surface area (Å²) in [6.45, 7) is 1.45.